The fraction of sp³-hybridized carbons (Fsp3) is 0.350. The lowest BCUT2D eigenvalue weighted by molar-refractivity contribution is -0.0980. The van der Waals surface area contributed by atoms with Crippen molar-refractivity contribution in [3.05, 3.63) is 58.8 Å². The monoisotopic (exact) mass is 373 g/mol. The summed E-state index contributed by atoms with van der Waals surface area (Å²) in [5, 5.41) is 11.6. The molecule has 1 N–H and O–H groups in total. The molecule has 5 nitrogen and oxygen atoms in total. The van der Waals surface area contributed by atoms with Crippen LogP contribution in [0.4, 0.5) is 0 Å². The average molecular weight is 373 g/mol. The lowest BCUT2D eigenvalue weighted by Crippen LogP contribution is -2.12. The van der Waals surface area contributed by atoms with E-state index in [-0.39, 0.29) is 0 Å². The fourth-order valence-electron chi connectivity index (χ4n) is 2.54. The first-order valence-corrected chi connectivity index (χ1v) is 9.55. The van der Waals surface area contributed by atoms with Gasteiger partial charge in [0.1, 0.15) is 23.8 Å². The summed E-state index contributed by atoms with van der Waals surface area (Å²) >= 11 is 1.60. The summed E-state index contributed by atoms with van der Waals surface area (Å²) in [4.78, 5) is 5.54. The van der Waals surface area contributed by atoms with Crippen molar-refractivity contribution < 1.29 is 19.0 Å². The molecule has 0 spiro atoms. The van der Waals surface area contributed by atoms with E-state index in [1.807, 2.05) is 55.6 Å². The molecule has 3 rings (SSSR count). The summed E-state index contributed by atoms with van der Waals surface area (Å²) < 4.78 is 16.7. The van der Waals surface area contributed by atoms with Crippen molar-refractivity contribution >= 4 is 11.3 Å². The van der Waals surface area contributed by atoms with Crippen molar-refractivity contribution in [3.8, 4) is 16.5 Å². The van der Waals surface area contributed by atoms with Crippen LogP contribution in [0.15, 0.2) is 46.2 Å². The minimum absolute atomic E-state index is 0.364. The number of oxazole rings is 1. The number of nitrogens with zero attached hydrogens (tertiary/aromatic N) is 1. The molecule has 0 saturated carbocycles. The maximum Gasteiger partial charge on any atom is 0.236 e. The van der Waals surface area contributed by atoms with Gasteiger partial charge in [0.2, 0.25) is 5.89 Å². The van der Waals surface area contributed by atoms with Crippen molar-refractivity contribution in [2.45, 2.75) is 39.6 Å². The van der Waals surface area contributed by atoms with Crippen LogP contribution in [0.3, 0.4) is 0 Å². The van der Waals surface area contributed by atoms with E-state index in [4.69, 9.17) is 13.9 Å². The van der Waals surface area contributed by atoms with Gasteiger partial charge in [0.15, 0.2) is 6.29 Å². The van der Waals surface area contributed by atoms with Gasteiger partial charge in [0, 0.05) is 13.0 Å². The van der Waals surface area contributed by atoms with E-state index in [9.17, 15) is 5.11 Å². The molecular formula is C20H23NO4S. The summed E-state index contributed by atoms with van der Waals surface area (Å²) in [6.45, 7) is 4.65. The van der Waals surface area contributed by atoms with Crippen molar-refractivity contribution in [2.75, 3.05) is 6.61 Å². The van der Waals surface area contributed by atoms with E-state index in [0.717, 1.165) is 34.1 Å². The number of ether oxygens (including phenoxy) is 2. The zero-order valence-electron chi connectivity index (χ0n) is 15.0. The zero-order valence-corrected chi connectivity index (χ0v) is 15.8. The molecule has 3 aromatic rings. The highest BCUT2D eigenvalue weighted by atomic mass is 32.1. The van der Waals surface area contributed by atoms with E-state index in [0.29, 0.717) is 25.5 Å². The van der Waals surface area contributed by atoms with Crippen LogP contribution in [0, 0.1) is 6.92 Å². The number of aromatic nitrogens is 1. The van der Waals surface area contributed by atoms with Crippen LogP contribution < -0.4 is 4.74 Å². The molecule has 0 aliphatic heterocycles. The lowest BCUT2D eigenvalue weighted by Gasteiger charge is -2.10. The normalized spacial score (nSPS) is 12.3. The molecule has 0 fully saturated rings. The lowest BCUT2D eigenvalue weighted by atomic mass is 10.1. The van der Waals surface area contributed by atoms with Gasteiger partial charge in [-0.1, -0.05) is 18.2 Å². The Kier molecular flexibility index (Phi) is 6.44. The predicted molar refractivity (Wildman–Crippen MR) is 101 cm³/mol. The molecule has 26 heavy (non-hydrogen) atoms. The Hall–Kier alpha value is -2.15. The molecule has 0 bridgehead atoms. The number of aliphatic hydroxyl groups is 1. The number of aliphatic hydroxyl groups excluding tert-OH is 1. The highest BCUT2D eigenvalue weighted by Crippen LogP contribution is 2.26. The zero-order chi connectivity index (χ0) is 18.4. The van der Waals surface area contributed by atoms with Gasteiger partial charge < -0.3 is 19.0 Å². The molecule has 138 valence electrons. The van der Waals surface area contributed by atoms with Crippen molar-refractivity contribution in [2.24, 2.45) is 0 Å². The summed E-state index contributed by atoms with van der Waals surface area (Å²) in [6.07, 6.45) is 0.634. The second kappa shape index (κ2) is 8.98. The Balaban J connectivity index is 1.54. The number of hydrogen-bond acceptors (Lipinski definition) is 6. The van der Waals surface area contributed by atoms with Gasteiger partial charge in [0.25, 0.3) is 0 Å². The SMILES string of the molecule is CCOC(O)CCc1ccc(OCc2nc(-c3cccs3)oc2C)cc1. The van der Waals surface area contributed by atoms with Crippen LogP contribution in [0.5, 0.6) is 5.75 Å². The van der Waals surface area contributed by atoms with Gasteiger partial charge in [-0.25, -0.2) is 4.98 Å². The highest BCUT2D eigenvalue weighted by Gasteiger charge is 2.12. The van der Waals surface area contributed by atoms with Crippen LogP contribution in [-0.4, -0.2) is 23.0 Å². The maximum atomic E-state index is 9.61. The second-order valence-electron chi connectivity index (χ2n) is 5.88. The number of hydrogen-bond donors (Lipinski definition) is 1. The highest BCUT2D eigenvalue weighted by molar-refractivity contribution is 7.13. The number of thiophene rings is 1. The topological polar surface area (TPSA) is 64.7 Å². The molecule has 0 aliphatic carbocycles. The Morgan fingerprint density at radius 2 is 2.04 bits per heavy atom. The third kappa shape index (κ3) is 4.94. The largest absolute Gasteiger partial charge is 0.487 e. The molecule has 2 heterocycles. The Morgan fingerprint density at radius 1 is 1.23 bits per heavy atom. The van der Waals surface area contributed by atoms with Crippen LogP contribution >= 0.6 is 11.3 Å². The second-order valence-corrected chi connectivity index (χ2v) is 6.83. The quantitative estimate of drug-likeness (QED) is 0.556. The van der Waals surface area contributed by atoms with E-state index in [2.05, 4.69) is 4.98 Å². The summed E-state index contributed by atoms with van der Waals surface area (Å²) in [5.74, 6) is 2.19. The molecule has 1 atom stereocenters. The number of rotatable bonds is 9. The standard InChI is InChI=1S/C20H23NO4S/c1-3-23-19(22)11-8-15-6-9-16(10-7-15)24-13-17-14(2)25-20(21-17)18-5-4-12-26-18/h4-7,9-10,12,19,22H,3,8,11,13H2,1-2H3. The third-order valence-electron chi connectivity index (χ3n) is 3.96. The third-order valence-corrected chi connectivity index (χ3v) is 4.82. The molecule has 0 radical (unpaired) electrons. The first-order chi connectivity index (χ1) is 12.7. The molecule has 0 amide bonds. The van der Waals surface area contributed by atoms with Crippen molar-refractivity contribution in [3.63, 3.8) is 0 Å². The van der Waals surface area contributed by atoms with Crippen LogP contribution in [0.25, 0.3) is 10.8 Å². The van der Waals surface area contributed by atoms with Crippen LogP contribution in [0.1, 0.15) is 30.4 Å². The Morgan fingerprint density at radius 3 is 2.73 bits per heavy atom. The van der Waals surface area contributed by atoms with E-state index < -0.39 is 6.29 Å². The average Bonchev–Trinajstić information content (AvgIpc) is 3.29. The van der Waals surface area contributed by atoms with Crippen LogP contribution in [0.2, 0.25) is 0 Å². The first-order valence-electron chi connectivity index (χ1n) is 8.67. The first kappa shape index (κ1) is 18.6. The fourth-order valence-corrected chi connectivity index (χ4v) is 3.19. The Labute approximate surface area is 157 Å². The minimum atomic E-state index is -0.705. The number of benzene rings is 1. The summed E-state index contributed by atoms with van der Waals surface area (Å²) in [6, 6.07) is 11.8. The van der Waals surface area contributed by atoms with Gasteiger partial charge >= 0.3 is 0 Å². The molecular weight excluding hydrogens is 350 g/mol. The maximum absolute atomic E-state index is 9.61. The summed E-state index contributed by atoms with van der Waals surface area (Å²) in [7, 11) is 0. The molecule has 1 unspecified atom stereocenters. The Bertz CT molecular complexity index is 796. The number of aryl methyl sites for hydroxylation is 2. The predicted octanol–water partition coefficient (Wildman–Crippen LogP) is 4.58. The van der Waals surface area contributed by atoms with Crippen molar-refractivity contribution in [1.82, 2.24) is 4.98 Å². The van der Waals surface area contributed by atoms with E-state index in [1.165, 1.54) is 0 Å². The van der Waals surface area contributed by atoms with E-state index in [1.54, 1.807) is 11.3 Å². The molecule has 2 aromatic heterocycles. The minimum Gasteiger partial charge on any atom is -0.487 e. The molecule has 6 heteroatoms. The molecule has 1 aromatic carbocycles. The van der Waals surface area contributed by atoms with Gasteiger partial charge in [-0.3, -0.25) is 0 Å². The van der Waals surface area contributed by atoms with Crippen LogP contribution in [-0.2, 0) is 17.8 Å². The summed E-state index contributed by atoms with van der Waals surface area (Å²) in [5.41, 5.74) is 1.94. The molecule has 0 aliphatic rings. The van der Waals surface area contributed by atoms with Gasteiger partial charge in [-0.05, 0) is 49.4 Å². The smallest absolute Gasteiger partial charge is 0.236 e. The molecule has 0 saturated heterocycles. The van der Waals surface area contributed by atoms with Gasteiger partial charge in [-0.15, -0.1) is 11.3 Å². The van der Waals surface area contributed by atoms with Gasteiger partial charge in [-0.2, -0.15) is 0 Å². The van der Waals surface area contributed by atoms with E-state index >= 15 is 0 Å². The van der Waals surface area contributed by atoms with Gasteiger partial charge in [0.05, 0.1) is 4.88 Å². The van der Waals surface area contributed by atoms with Crippen molar-refractivity contribution in [1.29, 1.82) is 0 Å².